The highest BCUT2D eigenvalue weighted by molar-refractivity contribution is 5.85. The molecule has 1 N–H and O–H groups in total. The molecule has 102 valence electrons. The van der Waals surface area contributed by atoms with Crippen molar-refractivity contribution >= 4 is 6.21 Å². The minimum absolute atomic E-state index is 0.205. The number of nitriles is 1. The maximum absolute atomic E-state index is 9.66. The fourth-order valence-electron chi connectivity index (χ4n) is 4.19. The molecule has 0 aliphatic heterocycles. The van der Waals surface area contributed by atoms with Crippen LogP contribution in [0, 0.1) is 17.2 Å². The number of nitrogens with zero attached hydrogens (tertiary/aromatic N) is 2. The molecule has 5 rings (SSSR count). The highest BCUT2D eigenvalue weighted by Gasteiger charge is 2.53. The van der Waals surface area contributed by atoms with Crippen LogP contribution in [0.2, 0.25) is 0 Å². The van der Waals surface area contributed by atoms with Crippen molar-refractivity contribution in [2.75, 3.05) is 0 Å². The number of hydrogen-bond acceptors (Lipinski definition) is 3. The number of fused-ring (bicyclic) bond motifs is 1. The van der Waals surface area contributed by atoms with E-state index in [0.29, 0.717) is 0 Å². The number of hydrogen-bond donors (Lipinski definition) is 1. The third-order valence-corrected chi connectivity index (χ3v) is 5.00. The molecule has 1 unspecified atom stereocenters. The summed E-state index contributed by atoms with van der Waals surface area (Å²) < 4.78 is 0. The lowest BCUT2D eigenvalue weighted by molar-refractivity contribution is 0.308. The predicted octanol–water partition coefficient (Wildman–Crippen LogP) is 3.42. The van der Waals surface area contributed by atoms with E-state index in [1.165, 1.54) is 11.1 Å². The van der Waals surface area contributed by atoms with Crippen molar-refractivity contribution in [3.8, 4) is 6.07 Å². The Morgan fingerprint density at radius 2 is 1.67 bits per heavy atom. The summed E-state index contributed by atoms with van der Waals surface area (Å²) in [7, 11) is 0. The topological polar surface area (TPSA) is 56.4 Å². The van der Waals surface area contributed by atoms with Gasteiger partial charge < -0.3 is 5.21 Å². The average Bonchev–Trinajstić information content (AvgIpc) is 2.55. The molecule has 0 amide bonds. The molecule has 21 heavy (non-hydrogen) atoms. The van der Waals surface area contributed by atoms with E-state index in [1.54, 1.807) is 6.21 Å². The SMILES string of the molecule is N#CC1CC2c3ccccc3C1(/C=N/O)c1ccccc12. The maximum Gasteiger partial charge on any atom is 0.0751 e. The van der Waals surface area contributed by atoms with Crippen LogP contribution in [0.5, 0.6) is 0 Å². The van der Waals surface area contributed by atoms with Gasteiger partial charge in [0.1, 0.15) is 0 Å². The Morgan fingerprint density at radius 1 is 1.10 bits per heavy atom. The minimum Gasteiger partial charge on any atom is -0.411 e. The molecule has 2 aromatic carbocycles. The summed E-state index contributed by atoms with van der Waals surface area (Å²) in [5.74, 6) is 0.0548. The van der Waals surface area contributed by atoms with E-state index in [-0.39, 0.29) is 11.8 Å². The number of oxime groups is 1. The van der Waals surface area contributed by atoms with Gasteiger partial charge in [0.2, 0.25) is 0 Å². The van der Waals surface area contributed by atoms with Crippen LogP contribution < -0.4 is 0 Å². The van der Waals surface area contributed by atoms with Crippen LogP contribution in [-0.2, 0) is 5.41 Å². The lowest BCUT2D eigenvalue weighted by Crippen LogP contribution is -2.48. The standard InChI is InChI=1S/C18H14N2O/c19-10-12-9-15-13-5-1-3-7-16(13)18(12,11-20-21)17-8-4-2-6-14(15)17/h1-8,11-12,15,21H,9H2/b20-11+. The fourth-order valence-corrected chi connectivity index (χ4v) is 4.19. The molecule has 0 fully saturated rings. The van der Waals surface area contributed by atoms with E-state index in [1.807, 2.05) is 24.3 Å². The molecule has 2 aromatic rings. The van der Waals surface area contributed by atoms with Crippen molar-refractivity contribution < 1.29 is 5.21 Å². The van der Waals surface area contributed by atoms with Crippen LogP contribution in [0.25, 0.3) is 0 Å². The van der Waals surface area contributed by atoms with E-state index < -0.39 is 5.41 Å². The van der Waals surface area contributed by atoms with Crippen LogP contribution in [0.15, 0.2) is 53.7 Å². The maximum atomic E-state index is 9.66. The average molecular weight is 274 g/mol. The second kappa shape index (κ2) is 4.20. The largest absolute Gasteiger partial charge is 0.411 e. The molecule has 3 aliphatic carbocycles. The third-order valence-electron chi connectivity index (χ3n) is 5.00. The summed E-state index contributed by atoms with van der Waals surface area (Å²) in [4.78, 5) is 0. The van der Waals surface area contributed by atoms with E-state index >= 15 is 0 Å². The van der Waals surface area contributed by atoms with Crippen LogP contribution in [-0.4, -0.2) is 11.4 Å². The molecule has 0 saturated heterocycles. The van der Waals surface area contributed by atoms with Gasteiger partial charge in [-0.1, -0.05) is 48.5 Å². The molecule has 1 atom stereocenters. The molecular weight excluding hydrogens is 260 g/mol. The number of rotatable bonds is 1. The lowest BCUT2D eigenvalue weighted by atomic mass is 9.51. The quantitative estimate of drug-likeness (QED) is 0.492. The first-order chi connectivity index (χ1) is 10.3. The molecule has 0 aromatic heterocycles. The van der Waals surface area contributed by atoms with Crippen LogP contribution in [0.1, 0.15) is 34.6 Å². The molecule has 3 aliphatic rings. The first kappa shape index (κ1) is 12.2. The molecule has 0 spiro atoms. The summed E-state index contributed by atoms with van der Waals surface area (Å²) in [5.41, 5.74) is 4.07. The van der Waals surface area contributed by atoms with Gasteiger partial charge in [-0.2, -0.15) is 5.26 Å². The van der Waals surface area contributed by atoms with Gasteiger partial charge in [-0.15, -0.1) is 5.16 Å². The summed E-state index contributed by atoms with van der Waals surface area (Å²) in [6.45, 7) is 0. The van der Waals surface area contributed by atoms with Gasteiger partial charge in [0, 0.05) is 5.92 Å². The smallest absolute Gasteiger partial charge is 0.0751 e. The zero-order chi connectivity index (χ0) is 14.4. The zero-order valence-electron chi connectivity index (χ0n) is 11.4. The van der Waals surface area contributed by atoms with Crippen molar-refractivity contribution in [1.29, 1.82) is 5.26 Å². The Labute approximate surface area is 123 Å². The molecule has 0 radical (unpaired) electrons. The monoisotopic (exact) mass is 274 g/mol. The Hall–Kier alpha value is -2.60. The Kier molecular flexibility index (Phi) is 2.43. The lowest BCUT2D eigenvalue weighted by Gasteiger charge is -2.49. The molecule has 3 heteroatoms. The molecule has 0 saturated carbocycles. The van der Waals surface area contributed by atoms with Crippen molar-refractivity contribution in [3.63, 3.8) is 0 Å². The summed E-state index contributed by atoms with van der Waals surface area (Å²) in [6.07, 6.45) is 2.32. The molecule has 2 bridgehead atoms. The van der Waals surface area contributed by atoms with Crippen LogP contribution in [0.3, 0.4) is 0 Å². The first-order valence-electron chi connectivity index (χ1n) is 7.10. The van der Waals surface area contributed by atoms with Crippen molar-refractivity contribution in [3.05, 3.63) is 70.8 Å². The van der Waals surface area contributed by atoms with E-state index in [0.717, 1.165) is 17.5 Å². The summed E-state index contributed by atoms with van der Waals surface area (Å²) in [6, 6.07) is 18.9. The van der Waals surface area contributed by atoms with Crippen molar-refractivity contribution in [2.24, 2.45) is 11.1 Å². The normalized spacial score (nSPS) is 28.9. The highest BCUT2D eigenvalue weighted by Crippen LogP contribution is 2.57. The Balaban J connectivity index is 2.14. The fraction of sp³-hybridized carbons (Fsp3) is 0.222. The molecule has 3 nitrogen and oxygen atoms in total. The van der Waals surface area contributed by atoms with Gasteiger partial charge in [-0.05, 0) is 28.7 Å². The summed E-state index contributed by atoms with van der Waals surface area (Å²) >= 11 is 0. The van der Waals surface area contributed by atoms with E-state index in [9.17, 15) is 10.5 Å². The van der Waals surface area contributed by atoms with Gasteiger partial charge in [0.05, 0.1) is 23.6 Å². The minimum atomic E-state index is -0.633. The molecular formula is C18H14N2O. The zero-order valence-corrected chi connectivity index (χ0v) is 11.4. The van der Waals surface area contributed by atoms with Crippen molar-refractivity contribution in [2.45, 2.75) is 17.8 Å². The van der Waals surface area contributed by atoms with Gasteiger partial charge in [0.15, 0.2) is 0 Å². The highest BCUT2D eigenvalue weighted by atomic mass is 16.4. The van der Waals surface area contributed by atoms with E-state index in [2.05, 4.69) is 35.5 Å². The van der Waals surface area contributed by atoms with Crippen LogP contribution in [0.4, 0.5) is 0 Å². The van der Waals surface area contributed by atoms with Gasteiger partial charge in [0.25, 0.3) is 0 Å². The number of benzene rings is 2. The second-order valence-electron chi connectivity index (χ2n) is 5.76. The Bertz CT molecular complexity index is 740. The predicted molar refractivity (Wildman–Crippen MR) is 79.5 cm³/mol. The molecule has 0 heterocycles. The van der Waals surface area contributed by atoms with Crippen LogP contribution >= 0.6 is 0 Å². The van der Waals surface area contributed by atoms with Crippen molar-refractivity contribution in [1.82, 2.24) is 0 Å². The second-order valence-corrected chi connectivity index (χ2v) is 5.76. The first-order valence-corrected chi connectivity index (χ1v) is 7.10. The van der Waals surface area contributed by atoms with Gasteiger partial charge >= 0.3 is 0 Å². The third kappa shape index (κ3) is 1.34. The Morgan fingerprint density at radius 3 is 2.19 bits per heavy atom. The van der Waals surface area contributed by atoms with Gasteiger partial charge in [-0.3, -0.25) is 0 Å². The van der Waals surface area contributed by atoms with E-state index in [4.69, 9.17) is 0 Å². The summed E-state index contributed by atoms with van der Waals surface area (Å²) in [5, 5.41) is 22.3. The van der Waals surface area contributed by atoms with Gasteiger partial charge in [-0.25, -0.2) is 0 Å².